The molecular weight excluding hydrogens is 152 g/mol. The molecule has 1 aliphatic rings. The first-order chi connectivity index (χ1) is 5.63. The smallest absolute Gasteiger partial charge is 0.221 e. The summed E-state index contributed by atoms with van der Waals surface area (Å²) in [7, 11) is 0. The van der Waals surface area contributed by atoms with E-state index in [0.29, 0.717) is 12.5 Å². The fourth-order valence-corrected chi connectivity index (χ4v) is 1.43. The van der Waals surface area contributed by atoms with Crippen LogP contribution < -0.4 is 11.1 Å². The third-order valence-electron chi connectivity index (χ3n) is 2.30. The van der Waals surface area contributed by atoms with Crippen LogP contribution in [-0.4, -0.2) is 18.0 Å². The van der Waals surface area contributed by atoms with Crippen molar-refractivity contribution in [3.63, 3.8) is 0 Å². The molecule has 1 rings (SSSR count). The highest BCUT2D eigenvalue weighted by Gasteiger charge is 2.36. The lowest BCUT2D eigenvalue weighted by Crippen LogP contribution is -2.31. The Bertz CT molecular complexity index is 168. The van der Waals surface area contributed by atoms with Crippen LogP contribution in [0.2, 0.25) is 0 Å². The summed E-state index contributed by atoms with van der Waals surface area (Å²) in [6.45, 7) is 4.01. The molecule has 1 saturated carbocycles. The zero-order valence-corrected chi connectivity index (χ0v) is 7.84. The minimum Gasteiger partial charge on any atom is -0.353 e. The van der Waals surface area contributed by atoms with Gasteiger partial charge in [-0.25, -0.2) is 0 Å². The largest absolute Gasteiger partial charge is 0.353 e. The van der Waals surface area contributed by atoms with Gasteiger partial charge < -0.3 is 11.1 Å². The van der Waals surface area contributed by atoms with Gasteiger partial charge in [-0.1, -0.05) is 13.3 Å². The summed E-state index contributed by atoms with van der Waals surface area (Å²) in [6, 6.07) is 0.421. The minimum absolute atomic E-state index is 0.0242. The van der Waals surface area contributed by atoms with Gasteiger partial charge in [0.05, 0.1) is 0 Å². The molecule has 3 unspecified atom stereocenters. The van der Waals surface area contributed by atoms with E-state index in [0.717, 1.165) is 12.3 Å². The van der Waals surface area contributed by atoms with Crippen LogP contribution in [0.15, 0.2) is 0 Å². The molecule has 3 heteroatoms. The predicted octanol–water partition coefficient (Wildman–Crippen LogP) is 0.638. The highest BCUT2D eigenvalue weighted by molar-refractivity contribution is 5.77. The van der Waals surface area contributed by atoms with E-state index in [1.165, 1.54) is 6.42 Å². The zero-order chi connectivity index (χ0) is 9.14. The molecule has 0 aromatic rings. The van der Waals surface area contributed by atoms with Crippen molar-refractivity contribution >= 4 is 5.91 Å². The molecule has 0 spiro atoms. The van der Waals surface area contributed by atoms with Gasteiger partial charge in [0.15, 0.2) is 0 Å². The van der Waals surface area contributed by atoms with E-state index < -0.39 is 0 Å². The van der Waals surface area contributed by atoms with Gasteiger partial charge in [0.1, 0.15) is 0 Å². The van der Waals surface area contributed by atoms with E-state index in [1.807, 2.05) is 6.92 Å². The molecule has 1 aliphatic carbocycles. The number of nitrogens with two attached hydrogens (primary N) is 1. The number of rotatable bonds is 4. The average Bonchev–Trinajstić information content (AvgIpc) is 2.65. The van der Waals surface area contributed by atoms with Crippen molar-refractivity contribution in [2.24, 2.45) is 11.7 Å². The maximum absolute atomic E-state index is 11.2. The van der Waals surface area contributed by atoms with Crippen LogP contribution in [0.5, 0.6) is 0 Å². The Morgan fingerprint density at radius 1 is 1.75 bits per heavy atom. The summed E-state index contributed by atoms with van der Waals surface area (Å²) >= 11 is 0. The second kappa shape index (κ2) is 3.90. The first-order valence-electron chi connectivity index (χ1n) is 4.68. The number of carbonyl (C=O) groups excluding carboxylic acids is 1. The molecule has 0 aromatic heterocycles. The summed E-state index contributed by atoms with van der Waals surface area (Å²) in [5, 5.41) is 2.97. The van der Waals surface area contributed by atoms with Crippen molar-refractivity contribution < 1.29 is 4.79 Å². The number of hydrogen-bond donors (Lipinski definition) is 2. The van der Waals surface area contributed by atoms with Gasteiger partial charge >= 0.3 is 0 Å². The summed E-state index contributed by atoms with van der Waals surface area (Å²) < 4.78 is 0. The zero-order valence-electron chi connectivity index (χ0n) is 7.84. The van der Waals surface area contributed by atoms with Gasteiger partial charge in [-0.3, -0.25) is 4.79 Å². The van der Waals surface area contributed by atoms with E-state index >= 15 is 0 Å². The Morgan fingerprint density at radius 3 is 2.83 bits per heavy atom. The highest BCUT2D eigenvalue weighted by atomic mass is 16.1. The molecule has 1 fully saturated rings. The Kier molecular flexibility index (Phi) is 3.09. The van der Waals surface area contributed by atoms with Crippen molar-refractivity contribution in [3.8, 4) is 0 Å². The molecule has 0 radical (unpaired) electrons. The number of hydrogen-bond acceptors (Lipinski definition) is 2. The molecule has 0 aliphatic heterocycles. The molecule has 1 amide bonds. The Labute approximate surface area is 73.7 Å². The van der Waals surface area contributed by atoms with E-state index in [1.54, 1.807) is 0 Å². The molecular formula is C9H18N2O. The van der Waals surface area contributed by atoms with Crippen LogP contribution in [-0.2, 0) is 4.79 Å². The van der Waals surface area contributed by atoms with Crippen molar-refractivity contribution in [2.75, 3.05) is 0 Å². The molecule has 0 aromatic carbocycles. The maximum Gasteiger partial charge on any atom is 0.221 e. The van der Waals surface area contributed by atoms with Gasteiger partial charge in [-0.15, -0.1) is 0 Å². The summed E-state index contributed by atoms with van der Waals surface area (Å²) in [5.74, 6) is 0.827. The van der Waals surface area contributed by atoms with Gasteiger partial charge in [-0.05, 0) is 19.3 Å². The lowest BCUT2D eigenvalue weighted by Gasteiger charge is -2.05. The topological polar surface area (TPSA) is 55.1 Å². The lowest BCUT2D eigenvalue weighted by atomic mass is 10.2. The second-order valence-electron chi connectivity index (χ2n) is 3.76. The normalized spacial score (nSPS) is 29.6. The molecule has 3 N–H and O–H groups in total. The molecule has 0 heterocycles. The van der Waals surface area contributed by atoms with Crippen LogP contribution in [0.25, 0.3) is 0 Å². The van der Waals surface area contributed by atoms with Gasteiger partial charge in [-0.2, -0.15) is 0 Å². The first-order valence-corrected chi connectivity index (χ1v) is 4.68. The second-order valence-corrected chi connectivity index (χ2v) is 3.76. The summed E-state index contributed by atoms with van der Waals surface area (Å²) in [5.41, 5.74) is 5.50. The SMILES string of the molecule is CCC1CC1NC(=O)CC(C)N. The predicted molar refractivity (Wildman–Crippen MR) is 48.6 cm³/mol. The van der Waals surface area contributed by atoms with Crippen molar-refractivity contribution in [2.45, 2.75) is 45.2 Å². The van der Waals surface area contributed by atoms with Gasteiger partial charge in [0.25, 0.3) is 0 Å². The van der Waals surface area contributed by atoms with Crippen LogP contribution >= 0.6 is 0 Å². The Balaban J connectivity index is 2.12. The van der Waals surface area contributed by atoms with E-state index in [4.69, 9.17) is 5.73 Å². The van der Waals surface area contributed by atoms with Crippen molar-refractivity contribution in [3.05, 3.63) is 0 Å². The van der Waals surface area contributed by atoms with Crippen molar-refractivity contribution in [1.29, 1.82) is 0 Å². The molecule has 3 atom stereocenters. The van der Waals surface area contributed by atoms with Crippen LogP contribution in [0.4, 0.5) is 0 Å². The first kappa shape index (κ1) is 9.52. The number of nitrogens with one attached hydrogen (secondary N) is 1. The van der Waals surface area contributed by atoms with Crippen LogP contribution in [0.3, 0.4) is 0 Å². The molecule has 0 saturated heterocycles. The fraction of sp³-hybridized carbons (Fsp3) is 0.889. The minimum atomic E-state index is -0.0242. The maximum atomic E-state index is 11.2. The molecule has 3 nitrogen and oxygen atoms in total. The number of amides is 1. The molecule has 0 bridgehead atoms. The fourth-order valence-electron chi connectivity index (χ4n) is 1.43. The van der Waals surface area contributed by atoms with Crippen LogP contribution in [0, 0.1) is 5.92 Å². The lowest BCUT2D eigenvalue weighted by molar-refractivity contribution is -0.121. The average molecular weight is 170 g/mol. The monoisotopic (exact) mass is 170 g/mol. The van der Waals surface area contributed by atoms with Crippen LogP contribution in [0.1, 0.15) is 33.1 Å². The van der Waals surface area contributed by atoms with Gasteiger partial charge in [0.2, 0.25) is 5.91 Å². The van der Waals surface area contributed by atoms with E-state index in [2.05, 4.69) is 12.2 Å². The summed E-state index contributed by atoms with van der Waals surface area (Å²) in [6.07, 6.45) is 2.78. The molecule has 70 valence electrons. The third-order valence-corrected chi connectivity index (χ3v) is 2.30. The Morgan fingerprint density at radius 2 is 2.42 bits per heavy atom. The summed E-state index contributed by atoms with van der Waals surface area (Å²) in [4.78, 5) is 11.2. The quantitative estimate of drug-likeness (QED) is 0.650. The Hall–Kier alpha value is -0.570. The number of carbonyl (C=O) groups is 1. The van der Waals surface area contributed by atoms with Gasteiger partial charge in [0, 0.05) is 18.5 Å². The standard InChI is InChI=1S/C9H18N2O/c1-3-7-5-8(7)11-9(12)4-6(2)10/h6-8H,3-5,10H2,1-2H3,(H,11,12). The van der Waals surface area contributed by atoms with Crippen molar-refractivity contribution in [1.82, 2.24) is 5.32 Å². The highest BCUT2D eigenvalue weighted by Crippen LogP contribution is 2.32. The van der Waals surface area contributed by atoms with E-state index in [9.17, 15) is 4.79 Å². The van der Waals surface area contributed by atoms with E-state index in [-0.39, 0.29) is 11.9 Å². The third kappa shape index (κ3) is 2.81. The molecule has 12 heavy (non-hydrogen) atoms.